The Balaban J connectivity index is 1.94. The number of primary amides is 1. The van der Waals surface area contributed by atoms with Crippen molar-refractivity contribution in [3.05, 3.63) is 11.6 Å². The largest absolute Gasteiger partial charge is 0.369 e. The van der Waals surface area contributed by atoms with Crippen LogP contribution in [0.4, 0.5) is 0 Å². The molecule has 2 rings (SSSR count). The lowest BCUT2D eigenvalue weighted by atomic mass is 9.97. The van der Waals surface area contributed by atoms with E-state index in [1.165, 1.54) is 18.4 Å². The first kappa shape index (κ1) is 12.1. The maximum absolute atomic E-state index is 12.0. The molecule has 0 bridgehead atoms. The number of piperidine rings is 1. The summed E-state index contributed by atoms with van der Waals surface area (Å²) in [7, 11) is 0. The molecule has 2 aliphatic rings. The second kappa shape index (κ2) is 4.90. The first-order chi connectivity index (χ1) is 8.08. The summed E-state index contributed by atoms with van der Waals surface area (Å²) in [4.78, 5) is 24.9. The Morgan fingerprint density at radius 1 is 1.24 bits per heavy atom. The molecule has 17 heavy (non-hydrogen) atoms. The summed E-state index contributed by atoms with van der Waals surface area (Å²) in [5, 5.41) is 0. The van der Waals surface area contributed by atoms with Crippen molar-refractivity contribution >= 4 is 11.8 Å². The van der Waals surface area contributed by atoms with Crippen LogP contribution in [0.5, 0.6) is 0 Å². The van der Waals surface area contributed by atoms with Crippen LogP contribution in [0.1, 0.15) is 32.6 Å². The van der Waals surface area contributed by atoms with Gasteiger partial charge in [0.25, 0.3) is 0 Å². The zero-order valence-corrected chi connectivity index (χ0v) is 10.3. The van der Waals surface area contributed by atoms with Crippen LogP contribution in [0.2, 0.25) is 0 Å². The quantitative estimate of drug-likeness (QED) is 0.745. The molecule has 0 spiro atoms. The van der Waals surface area contributed by atoms with Gasteiger partial charge in [-0.25, -0.2) is 0 Å². The third-order valence-electron chi connectivity index (χ3n) is 3.71. The number of amides is 2. The van der Waals surface area contributed by atoms with E-state index < -0.39 is 0 Å². The molecule has 2 fully saturated rings. The Morgan fingerprint density at radius 2 is 1.94 bits per heavy atom. The van der Waals surface area contributed by atoms with Crippen molar-refractivity contribution < 1.29 is 9.59 Å². The molecule has 0 radical (unpaired) electrons. The van der Waals surface area contributed by atoms with Gasteiger partial charge in [-0.3, -0.25) is 9.59 Å². The zero-order valence-electron chi connectivity index (χ0n) is 10.3. The summed E-state index contributed by atoms with van der Waals surface area (Å²) in [5.74, 6) is 0.212. The lowest BCUT2D eigenvalue weighted by Gasteiger charge is -2.30. The standard InChI is InChI=1S/C13H20N2O2/c1-9(10-4-5-10)7-12(16)15-6-2-3-11(8-15)13(14)17/h7,10-11H,2-6,8H2,1H3,(H2,14,17)/b9-7-/t11-/m0/s1. The molecule has 4 nitrogen and oxygen atoms in total. The minimum Gasteiger partial charge on any atom is -0.369 e. The first-order valence-electron chi connectivity index (χ1n) is 6.34. The van der Waals surface area contributed by atoms with E-state index in [9.17, 15) is 9.59 Å². The monoisotopic (exact) mass is 236 g/mol. The number of allylic oxidation sites excluding steroid dienone is 1. The first-order valence-corrected chi connectivity index (χ1v) is 6.34. The van der Waals surface area contributed by atoms with Crippen molar-refractivity contribution in [1.82, 2.24) is 4.90 Å². The Bertz CT molecular complexity index is 358. The van der Waals surface area contributed by atoms with Crippen molar-refractivity contribution in [2.45, 2.75) is 32.6 Å². The smallest absolute Gasteiger partial charge is 0.246 e. The lowest BCUT2D eigenvalue weighted by molar-refractivity contribution is -0.130. The predicted molar refractivity (Wildman–Crippen MR) is 65.0 cm³/mol. The summed E-state index contributed by atoms with van der Waals surface area (Å²) in [6, 6.07) is 0. The summed E-state index contributed by atoms with van der Waals surface area (Å²) >= 11 is 0. The number of likely N-dealkylation sites (tertiary alicyclic amines) is 1. The van der Waals surface area contributed by atoms with E-state index in [1.54, 1.807) is 11.0 Å². The van der Waals surface area contributed by atoms with Gasteiger partial charge in [-0.05, 0) is 38.5 Å². The number of nitrogens with two attached hydrogens (primary N) is 1. The van der Waals surface area contributed by atoms with Crippen LogP contribution in [0, 0.1) is 11.8 Å². The molecule has 1 heterocycles. The van der Waals surface area contributed by atoms with Gasteiger partial charge in [-0.2, -0.15) is 0 Å². The van der Waals surface area contributed by atoms with E-state index in [0.717, 1.165) is 19.4 Å². The third kappa shape index (κ3) is 3.08. The molecule has 0 aromatic heterocycles. The number of hydrogen-bond donors (Lipinski definition) is 1. The van der Waals surface area contributed by atoms with E-state index in [1.807, 2.05) is 6.92 Å². The van der Waals surface area contributed by atoms with Gasteiger partial charge >= 0.3 is 0 Å². The molecule has 4 heteroatoms. The highest BCUT2D eigenvalue weighted by atomic mass is 16.2. The summed E-state index contributed by atoms with van der Waals surface area (Å²) in [6.45, 7) is 3.25. The van der Waals surface area contributed by atoms with Crippen molar-refractivity contribution in [1.29, 1.82) is 0 Å². The fourth-order valence-corrected chi connectivity index (χ4v) is 2.35. The summed E-state index contributed by atoms with van der Waals surface area (Å²) < 4.78 is 0. The number of carbonyl (C=O) groups excluding carboxylic acids is 2. The summed E-state index contributed by atoms with van der Waals surface area (Å²) in [6.07, 6.45) is 5.83. The van der Waals surface area contributed by atoms with Crippen LogP contribution < -0.4 is 5.73 Å². The Hall–Kier alpha value is -1.32. The Kier molecular flexibility index (Phi) is 3.50. The minimum absolute atomic E-state index is 0.0420. The molecule has 1 saturated carbocycles. The normalized spacial score (nSPS) is 25.8. The fourth-order valence-electron chi connectivity index (χ4n) is 2.35. The van der Waals surface area contributed by atoms with Gasteiger partial charge in [-0.1, -0.05) is 5.57 Å². The molecular weight excluding hydrogens is 216 g/mol. The van der Waals surface area contributed by atoms with Crippen LogP contribution in [0.25, 0.3) is 0 Å². The van der Waals surface area contributed by atoms with E-state index in [-0.39, 0.29) is 17.7 Å². The average molecular weight is 236 g/mol. The molecule has 94 valence electrons. The van der Waals surface area contributed by atoms with Gasteiger partial charge in [-0.15, -0.1) is 0 Å². The number of carbonyl (C=O) groups is 2. The van der Waals surface area contributed by atoms with Gasteiger partial charge in [0.1, 0.15) is 0 Å². The molecule has 2 amide bonds. The molecule has 1 atom stereocenters. The molecule has 0 aromatic carbocycles. The van der Waals surface area contributed by atoms with Gasteiger partial charge in [0.2, 0.25) is 11.8 Å². The average Bonchev–Trinajstić information content (AvgIpc) is 3.12. The number of rotatable bonds is 3. The molecule has 1 aliphatic heterocycles. The predicted octanol–water partition coefficient (Wildman–Crippen LogP) is 1.07. The van der Waals surface area contributed by atoms with E-state index >= 15 is 0 Å². The van der Waals surface area contributed by atoms with E-state index in [2.05, 4.69) is 0 Å². The maximum atomic E-state index is 12.0. The van der Waals surface area contributed by atoms with Crippen molar-refractivity contribution in [2.75, 3.05) is 13.1 Å². The highest BCUT2D eigenvalue weighted by molar-refractivity contribution is 5.89. The SMILES string of the molecule is C/C(=C/C(=O)N1CCC[C@H](C(N)=O)C1)C1CC1. The molecule has 0 aromatic rings. The molecule has 0 unspecified atom stereocenters. The highest BCUT2D eigenvalue weighted by Crippen LogP contribution is 2.36. The highest BCUT2D eigenvalue weighted by Gasteiger charge is 2.28. The maximum Gasteiger partial charge on any atom is 0.246 e. The lowest BCUT2D eigenvalue weighted by Crippen LogP contribution is -2.43. The number of nitrogens with zero attached hydrogens (tertiary/aromatic N) is 1. The molecule has 1 aliphatic carbocycles. The second-order valence-electron chi connectivity index (χ2n) is 5.19. The van der Waals surface area contributed by atoms with Crippen LogP contribution in [0.3, 0.4) is 0 Å². The van der Waals surface area contributed by atoms with Crippen LogP contribution in [0.15, 0.2) is 11.6 Å². The van der Waals surface area contributed by atoms with Crippen LogP contribution >= 0.6 is 0 Å². The Morgan fingerprint density at radius 3 is 2.53 bits per heavy atom. The fraction of sp³-hybridized carbons (Fsp3) is 0.692. The minimum atomic E-state index is -0.287. The van der Waals surface area contributed by atoms with Crippen LogP contribution in [-0.4, -0.2) is 29.8 Å². The van der Waals surface area contributed by atoms with Gasteiger partial charge in [0, 0.05) is 19.2 Å². The Labute approximate surface area is 102 Å². The van der Waals surface area contributed by atoms with Crippen molar-refractivity contribution in [2.24, 2.45) is 17.6 Å². The molecule has 1 saturated heterocycles. The van der Waals surface area contributed by atoms with Crippen molar-refractivity contribution in [3.8, 4) is 0 Å². The van der Waals surface area contributed by atoms with Crippen molar-refractivity contribution in [3.63, 3.8) is 0 Å². The third-order valence-corrected chi connectivity index (χ3v) is 3.71. The second-order valence-corrected chi connectivity index (χ2v) is 5.19. The zero-order chi connectivity index (χ0) is 12.4. The van der Waals surface area contributed by atoms with E-state index in [4.69, 9.17) is 5.73 Å². The molecule has 2 N–H and O–H groups in total. The van der Waals surface area contributed by atoms with Crippen LogP contribution in [-0.2, 0) is 9.59 Å². The molecular formula is C13H20N2O2. The van der Waals surface area contributed by atoms with Gasteiger partial charge < -0.3 is 10.6 Å². The summed E-state index contributed by atoms with van der Waals surface area (Å²) in [5.41, 5.74) is 6.47. The topological polar surface area (TPSA) is 63.4 Å². The number of hydrogen-bond acceptors (Lipinski definition) is 2. The van der Waals surface area contributed by atoms with Gasteiger partial charge in [0.05, 0.1) is 5.92 Å². The van der Waals surface area contributed by atoms with E-state index in [0.29, 0.717) is 12.5 Å². The van der Waals surface area contributed by atoms with Gasteiger partial charge in [0.15, 0.2) is 0 Å².